The molecule has 0 aliphatic carbocycles. The molecule has 0 bridgehead atoms. The Morgan fingerprint density at radius 2 is 2.11 bits per heavy atom. The lowest BCUT2D eigenvalue weighted by molar-refractivity contribution is -0.116. The second-order valence-corrected chi connectivity index (χ2v) is 4.39. The maximum absolute atomic E-state index is 11.9. The van der Waals surface area contributed by atoms with E-state index in [2.05, 4.69) is 0 Å². The zero-order chi connectivity index (χ0) is 14.1. The molecule has 1 aromatic carbocycles. The van der Waals surface area contributed by atoms with E-state index in [0.29, 0.717) is 26.4 Å². The number of amides is 1. The van der Waals surface area contributed by atoms with E-state index in [-0.39, 0.29) is 11.8 Å². The topological polar surface area (TPSA) is 38.8 Å². The Morgan fingerprint density at radius 3 is 2.74 bits per heavy atom. The van der Waals surface area contributed by atoms with E-state index in [9.17, 15) is 4.79 Å². The highest BCUT2D eigenvalue weighted by Gasteiger charge is 2.14. The zero-order valence-electron chi connectivity index (χ0n) is 11.4. The minimum Gasteiger partial charge on any atom is -0.382 e. The van der Waals surface area contributed by atoms with Crippen LogP contribution in [0.5, 0.6) is 0 Å². The van der Waals surface area contributed by atoms with Gasteiger partial charge in [-0.05, 0) is 24.6 Å². The molecular weight excluding hydrogens is 266 g/mol. The molecule has 0 aliphatic heterocycles. The summed E-state index contributed by atoms with van der Waals surface area (Å²) in [5.41, 5.74) is 1.95. The van der Waals surface area contributed by atoms with Gasteiger partial charge in [-0.2, -0.15) is 0 Å². The predicted molar refractivity (Wildman–Crippen MR) is 76.9 cm³/mol. The molecule has 0 saturated heterocycles. The van der Waals surface area contributed by atoms with Crippen molar-refractivity contribution in [1.82, 2.24) is 0 Å². The number of rotatable bonds is 8. The number of carbonyl (C=O) groups is 1. The Bertz CT molecular complexity index is 398. The van der Waals surface area contributed by atoms with Crippen molar-refractivity contribution in [3.8, 4) is 0 Å². The van der Waals surface area contributed by atoms with Gasteiger partial charge in [0.1, 0.15) is 5.88 Å². The summed E-state index contributed by atoms with van der Waals surface area (Å²) in [5, 5.41) is 0. The smallest absolute Gasteiger partial charge is 0.241 e. The van der Waals surface area contributed by atoms with Crippen LogP contribution in [0.15, 0.2) is 24.3 Å². The van der Waals surface area contributed by atoms with Crippen LogP contribution >= 0.6 is 11.6 Å². The van der Waals surface area contributed by atoms with Crippen molar-refractivity contribution in [3.05, 3.63) is 29.8 Å². The molecule has 0 heterocycles. The molecule has 106 valence electrons. The normalized spacial score (nSPS) is 10.5. The maximum atomic E-state index is 11.9. The van der Waals surface area contributed by atoms with Crippen molar-refractivity contribution in [2.24, 2.45) is 0 Å². The molecular formula is C14H20ClNO3. The summed E-state index contributed by atoms with van der Waals surface area (Å²) >= 11 is 5.65. The number of halogens is 1. The van der Waals surface area contributed by atoms with Crippen LogP contribution in [-0.4, -0.2) is 45.3 Å². The Hall–Kier alpha value is -1.10. The van der Waals surface area contributed by atoms with Crippen LogP contribution in [0.25, 0.3) is 0 Å². The van der Waals surface area contributed by atoms with Crippen LogP contribution in [0, 0.1) is 6.92 Å². The first kappa shape index (κ1) is 16.0. The van der Waals surface area contributed by atoms with Crippen molar-refractivity contribution in [2.45, 2.75) is 6.92 Å². The fraction of sp³-hybridized carbons (Fsp3) is 0.500. The van der Waals surface area contributed by atoms with Crippen molar-refractivity contribution < 1.29 is 14.3 Å². The summed E-state index contributed by atoms with van der Waals surface area (Å²) in [5.74, 6) is -0.158. The van der Waals surface area contributed by atoms with Gasteiger partial charge in [-0.3, -0.25) is 4.79 Å². The third-order valence-electron chi connectivity index (χ3n) is 2.62. The number of benzene rings is 1. The standard InChI is InChI=1S/C14H20ClNO3/c1-12-4-3-5-13(10-12)16(14(17)11-15)6-7-19-9-8-18-2/h3-5,10H,6-9,11H2,1-2H3. The summed E-state index contributed by atoms with van der Waals surface area (Å²) in [4.78, 5) is 13.5. The summed E-state index contributed by atoms with van der Waals surface area (Å²) in [6.45, 7) is 4.00. The largest absolute Gasteiger partial charge is 0.382 e. The lowest BCUT2D eigenvalue weighted by atomic mass is 10.2. The van der Waals surface area contributed by atoms with E-state index in [1.54, 1.807) is 12.0 Å². The van der Waals surface area contributed by atoms with Gasteiger partial charge in [0.15, 0.2) is 0 Å². The van der Waals surface area contributed by atoms with Gasteiger partial charge in [-0.15, -0.1) is 11.6 Å². The molecule has 0 saturated carbocycles. The molecule has 0 aromatic heterocycles. The van der Waals surface area contributed by atoms with Crippen molar-refractivity contribution in [2.75, 3.05) is 44.3 Å². The highest BCUT2D eigenvalue weighted by molar-refractivity contribution is 6.29. The van der Waals surface area contributed by atoms with Crippen LogP contribution < -0.4 is 4.90 Å². The number of aryl methyl sites for hydroxylation is 1. The predicted octanol–water partition coefficient (Wildman–Crippen LogP) is 2.23. The number of carbonyl (C=O) groups excluding carboxylic acids is 1. The summed E-state index contributed by atoms with van der Waals surface area (Å²) in [7, 11) is 1.62. The van der Waals surface area contributed by atoms with E-state index in [0.717, 1.165) is 11.3 Å². The molecule has 5 heteroatoms. The lowest BCUT2D eigenvalue weighted by Gasteiger charge is -2.22. The molecule has 1 amide bonds. The van der Waals surface area contributed by atoms with Gasteiger partial charge in [0, 0.05) is 19.3 Å². The van der Waals surface area contributed by atoms with Crippen LogP contribution in [0.1, 0.15) is 5.56 Å². The van der Waals surface area contributed by atoms with Crippen LogP contribution in [0.3, 0.4) is 0 Å². The summed E-state index contributed by atoms with van der Waals surface area (Å²) in [6, 6.07) is 7.76. The molecule has 0 unspecified atom stereocenters. The summed E-state index contributed by atoms with van der Waals surface area (Å²) in [6.07, 6.45) is 0. The van der Waals surface area contributed by atoms with E-state index in [4.69, 9.17) is 21.1 Å². The Kier molecular flexibility index (Phi) is 7.48. The van der Waals surface area contributed by atoms with Gasteiger partial charge in [-0.25, -0.2) is 0 Å². The van der Waals surface area contributed by atoms with Gasteiger partial charge in [0.05, 0.1) is 19.8 Å². The zero-order valence-corrected chi connectivity index (χ0v) is 12.2. The molecule has 1 aromatic rings. The van der Waals surface area contributed by atoms with Crippen LogP contribution in [0.4, 0.5) is 5.69 Å². The molecule has 0 radical (unpaired) electrons. The monoisotopic (exact) mass is 285 g/mol. The number of hydrogen-bond acceptors (Lipinski definition) is 3. The molecule has 4 nitrogen and oxygen atoms in total. The highest BCUT2D eigenvalue weighted by atomic mass is 35.5. The SMILES string of the molecule is COCCOCCN(C(=O)CCl)c1cccc(C)c1. The van der Waals surface area contributed by atoms with Gasteiger partial charge in [0.2, 0.25) is 5.91 Å². The molecule has 0 fully saturated rings. The minimum absolute atomic E-state index is 0.0357. The first-order chi connectivity index (χ1) is 9.19. The number of ether oxygens (including phenoxy) is 2. The van der Waals surface area contributed by atoms with Gasteiger partial charge in [-0.1, -0.05) is 12.1 Å². The fourth-order valence-corrected chi connectivity index (χ4v) is 1.81. The molecule has 0 atom stereocenters. The Morgan fingerprint density at radius 1 is 1.32 bits per heavy atom. The third kappa shape index (κ3) is 5.59. The van der Waals surface area contributed by atoms with Crippen LogP contribution in [0.2, 0.25) is 0 Å². The second kappa shape index (κ2) is 8.91. The first-order valence-corrected chi connectivity index (χ1v) is 6.72. The Labute approximate surface area is 119 Å². The molecule has 1 rings (SSSR count). The number of anilines is 1. The minimum atomic E-state index is -0.123. The number of methoxy groups -OCH3 is 1. The molecule has 0 aliphatic rings. The highest BCUT2D eigenvalue weighted by Crippen LogP contribution is 2.16. The quantitative estimate of drug-likeness (QED) is 0.543. The molecule has 19 heavy (non-hydrogen) atoms. The lowest BCUT2D eigenvalue weighted by Crippen LogP contribution is -2.35. The maximum Gasteiger partial charge on any atom is 0.241 e. The fourth-order valence-electron chi connectivity index (χ4n) is 1.67. The average molecular weight is 286 g/mol. The van der Waals surface area contributed by atoms with Crippen molar-refractivity contribution in [1.29, 1.82) is 0 Å². The van der Waals surface area contributed by atoms with Crippen molar-refractivity contribution in [3.63, 3.8) is 0 Å². The number of hydrogen-bond donors (Lipinski definition) is 0. The van der Waals surface area contributed by atoms with Gasteiger partial charge >= 0.3 is 0 Å². The van der Waals surface area contributed by atoms with E-state index >= 15 is 0 Å². The Balaban J connectivity index is 2.60. The summed E-state index contributed by atoms with van der Waals surface area (Å²) < 4.78 is 10.3. The number of nitrogens with zero attached hydrogens (tertiary/aromatic N) is 1. The molecule has 0 N–H and O–H groups in total. The number of alkyl halides is 1. The first-order valence-electron chi connectivity index (χ1n) is 6.18. The van der Waals surface area contributed by atoms with Gasteiger partial charge < -0.3 is 14.4 Å². The van der Waals surface area contributed by atoms with E-state index in [1.807, 2.05) is 31.2 Å². The van der Waals surface area contributed by atoms with E-state index < -0.39 is 0 Å². The van der Waals surface area contributed by atoms with Crippen LogP contribution in [-0.2, 0) is 14.3 Å². The van der Waals surface area contributed by atoms with E-state index in [1.165, 1.54) is 0 Å². The van der Waals surface area contributed by atoms with Gasteiger partial charge in [0.25, 0.3) is 0 Å². The second-order valence-electron chi connectivity index (χ2n) is 4.12. The van der Waals surface area contributed by atoms with Crippen molar-refractivity contribution >= 4 is 23.2 Å². The molecule has 0 spiro atoms. The average Bonchev–Trinajstić information content (AvgIpc) is 2.42. The third-order valence-corrected chi connectivity index (χ3v) is 2.85.